The molecule has 5 heteroatoms. The highest BCUT2D eigenvalue weighted by Crippen LogP contribution is 2.29. The van der Waals surface area contributed by atoms with Crippen LogP contribution in [0.5, 0.6) is 0 Å². The first-order valence-electron chi connectivity index (χ1n) is 8.76. The largest absolute Gasteiger partial charge is 0.279 e. The van der Waals surface area contributed by atoms with Crippen molar-refractivity contribution < 1.29 is 8.42 Å². The Kier molecular flexibility index (Phi) is 5.28. The average molecular weight is 369 g/mol. The number of rotatable bonds is 5. The molecule has 0 aliphatic carbocycles. The fourth-order valence-electron chi connectivity index (χ4n) is 3.15. The van der Waals surface area contributed by atoms with Crippen molar-refractivity contribution in [2.24, 2.45) is 5.10 Å². The zero-order chi connectivity index (χ0) is 18.7. The van der Waals surface area contributed by atoms with Gasteiger partial charge in [-0.25, -0.2) is 0 Å². The summed E-state index contributed by atoms with van der Waals surface area (Å²) in [4.78, 5) is 0.271. The number of benzene rings is 2. The fourth-order valence-corrected chi connectivity index (χ4v) is 4.62. The SMILES string of the molecule is C=C(C)C[C@@H]1CCC(c2ccccc2)=NN1S(=O)(=O)c1ccc(C)cc1. The van der Waals surface area contributed by atoms with Gasteiger partial charge in [0.15, 0.2) is 0 Å². The van der Waals surface area contributed by atoms with E-state index in [2.05, 4.69) is 11.7 Å². The van der Waals surface area contributed by atoms with Gasteiger partial charge in [-0.1, -0.05) is 53.6 Å². The smallest absolute Gasteiger partial charge is 0.200 e. The summed E-state index contributed by atoms with van der Waals surface area (Å²) in [5, 5.41) is 4.58. The first-order chi connectivity index (χ1) is 12.4. The van der Waals surface area contributed by atoms with Crippen molar-refractivity contribution in [3.63, 3.8) is 0 Å². The molecule has 2 aromatic carbocycles. The van der Waals surface area contributed by atoms with Crippen LogP contribution in [0, 0.1) is 6.92 Å². The summed E-state index contributed by atoms with van der Waals surface area (Å²) >= 11 is 0. The van der Waals surface area contributed by atoms with Crippen molar-refractivity contribution >= 4 is 15.7 Å². The summed E-state index contributed by atoms with van der Waals surface area (Å²) in [6.07, 6.45) is 2.09. The van der Waals surface area contributed by atoms with Crippen LogP contribution in [-0.4, -0.2) is 24.6 Å². The summed E-state index contributed by atoms with van der Waals surface area (Å²) < 4.78 is 27.8. The maximum atomic E-state index is 13.3. The van der Waals surface area contributed by atoms with Gasteiger partial charge in [-0.15, -0.1) is 6.58 Å². The lowest BCUT2D eigenvalue weighted by molar-refractivity contribution is 0.301. The van der Waals surface area contributed by atoms with Gasteiger partial charge in [0, 0.05) is 0 Å². The normalized spacial score (nSPS) is 17.7. The van der Waals surface area contributed by atoms with Crippen LogP contribution < -0.4 is 0 Å². The van der Waals surface area contributed by atoms with Crippen LogP contribution in [-0.2, 0) is 10.0 Å². The Morgan fingerprint density at radius 1 is 1.15 bits per heavy atom. The van der Waals surface area contributed by atoms with E-state index in [9.17, 15) is 8.42 Å². The van der Waals surface area contributed by atoms with Crippen LogP contribution in [0.25, 0.3) is 0 Å². The number of hydrazone groups is 1. The van der Waals surface area contributed by atoms with E-state index in [0.717, 1.165) is 35.3 Å². The molecule has 0 bridgehead atoms. The Bertz CT molecular complexity index is 916. The third kappa shape index (κ3) is 3.88. The van der Waals surface area contributed by atoms with Gasteiger partial charge in [0.2, 0.25) is 0 Å². The van der Waals surface area contributed by atoms with E-state index in [-0.39, 0.29) is 10.9 Å². The van der Waals surface area contributed by atoms with Gasteiger partial charge >= 0.3 is 0 Å². The van der Waals surface area contributed by atoms with Crippen molar-refractivity contribution in [3.8, 4) is 0 Å². The van der Waals surface area contributed by atoms with Gasteiger partial charge < -0.3 is 0 Å². The standard InChI is InChI=1S/C21H24N2O2S/c1-16(2)15-19-11-14-21(18-7-5-4-6-8-18)22-23(19)26(24,25)20-12-9-17(3)10-13-20/h4-10,12-13,19H,1,11,14-15H2,2-3H3/t19-/m0/s1. The molecule has 1 aliphatic rings. The molecule has 26 heavy (non-hydrogen) atoms. The number of aryl methyl sites for hydroxylation is 1. The van der Waals surface area contributed by atoms with E-state index in [0.29, 0.717) is 6.42 Å². The third-order valence-electron chi connectivity index (χ3n) is 4.50. The zero-order valence-electron chi connectivity index (χ0n) is 15.2. The molecule has 0 fully saturated rings. The highest BCUT2D eigenvalue weighted by atomic mass is 32.2. The van der Waals surface area contributed by atoms with Crippen molar-refractivity contribution in [1.29, 1.82) is 0 Å². The lowest BCUT2D eigenvalue weighted by atomic mass is 9.98. The molecule has 0 radical (unpaired) electrons. The summed E-state index contributed by atoms with van der Waals surface area (Å²) in [6, 6.07) is 16.5. The van der Waals surface area contributed by atoms with Crippen LogP contribution in [0.1, 0.15) is 37.3 Å². The van der Waals surface area contributed by atoms with E-state index in [1.54, 1.807) is 12.1 Å². The molecule has 0 aromatic heterocycles. The summed E-state index contributed by atoms with van der Waals surface area (Å²) in [5.74, 6) is 0. The summed E-state index contributed by atoms with van der Waals surface area (Å²) in [5.41, 5.74) is 3.75. The Morgan fingerprint density at radius 3 is 2.42 bits per heavy atom. The number of sulfonamides is 1. The van der Waals surface area contributed by atoms with Crippen LogP contribution in [0.4, 0.5) is 0 Å². The number of hydrogen-bond acceptors (Lipinski definition) is 3. The maximum Gasteiger partial charge on any atom is 0.279 e. The molecule has 0 amide bonds. The Balaban J connectivity index is 2.04. The number of nitrogens with zero attached hydrogens (tertiary/aromatic N) is 2. The highest BCUT2D eigenvalue weighted by molar-refractivity contribution is 7.89. The predicted molar refractivity (Wildman–Crippen MR) is 106 cm³/mol. The van der Waals surface area contributed by atoms with E-state index in [4.69, 9.17) is 0 Å². The van der Waals surface area contributed by atoms with Gasteiger partial charge in [-0.05, 0) is 50.8 Å². The molecule has 4 nitrogen and oxygen atoms in total. The second kappa shape index (κ2) is 7.46. The average Bonchev–Trinajstić information content (AvgIpc) is 2.62. The fraction of sp³-hybridized carbons (Fsp3) is 0.286. The molecule has 0 saturated heterocycles. The molecule has 0 saturated carbocycles. The van der Waals surface area contributed by atoms with Crippen molar-refractivity contribution in [1.82, 2.24) is 4.41 Å². The maximum absolute atomic E-state index is 13.3. The molecule has 1 atom stereocenters. The molecule has 136 valence electrons. The van der Waals surface area contributed by atoms with Crippen LogP contribution in [0.2, 0.25) is 0 Å². The molecular weight excluding hydrogens is 344 g/mol. The molecule has 2 aromatic rings. The quantitative estimate of drug-likeness (QED) is 0.729. The van der Waals surface area contributed by atoms with Gasteiger partial charge in [0.1, 0.15) is 0 Å². The predicted octanol–water partition coefficient (Wildman–Crippen LogP) is 4.52. The highest BCUT2D eigenvalue weighted by Gasteiger charge is 2.34. The van der Waals surface area contributed by atoms with Crippen molar-refractivity contribution in [2.45, 2.75) is 44.0 Å². The van der Waals surface area contributed by atoms with Crippen LogP contribution in [0.15, 0.2) is 76.7 Å². The van der Waals surface area contributed by atoms with Gasteiger partial charge in [0.05, 0.1) is 16.6 Å². The van der Waals surface area contributed by atoms with Crippen LogP contribution in [0.3, 0.4) is 0 Å². The van der Waals surface area contributed by atoms with Crippen LogP contribution >= 0.6 is 0 Å². The van der Waals surface area contributed by atoms with Crippen molar-refractivity contribution in [2.75, 3.05) is 0 Å². The first-order valence-corrected chi connectivity index (χ1v) is 10.2. The first kappa shape index (κ1) is 18.4. The molecular formula is C21H24N2O2S. The molecule has 0 spiro atoms. The van der Waals surface area contributed by atoms with E-state index < -0.39 is 10.0 Å². The van der Waals surface area contributed by atoms with E-state index in [1.165, 1.54) is 4.41 Å². The molecule has 1 heterocycles. The van der Waals surface area contributed by atoms with Crippen molar-refractivity contribution in [3.05, 3.63) is 77.9 Å². The second-order valence-corrected chi connectivity index (χ2v) is 8.65. The van der Waals surface area contributed by atoms with E-state index in [1.807, 2.05) is 56.3 Å². The Labute approximate surface area is 155 Å². The molecule has 0 unspecified atom stereocenters. The lowest BCUT2D eigenvalue weighted by Crippen LogP contribution is -2.40. The monoisotopic (exact) mass is 368 g/mol. The third-order valence-corrected chi connectivity index (χ3v) is 6.24. The lowest BCUT2D eigenvalue weighted by Gasteiger charge is -2.33. The van der Waals surface area contributed by atoms with Gasteiger partial charge in [-0.3, -0.25) is 0 Å². The van der Waals surface area contributed by atoms with E-state index >= 15 is 0 Å². The topological polar surface area (TPSA) is 49.7 Å². The molecule has 0 N–H and O–H groups in total. The Morgan fingerprint density at radius 2 is 1.81 bits per heavy atom. The Hall–Kier alpha value is -2.40. The molecule has 3 rings (SSSR count). The number of hydrogen-bond donors (Lipinski definition) is 0. The minimum absolute atomic E-state index is 0.203. The zero-order valence-corrected chi connectivity index (χ0v) is 16.0. The summed E-state index contributed by atoms with van der Waals surface area (Å²) in [6.45, 7) is 7.82. The molecule has 1 aliphatic heterocycles. The minimum atomic E-state index is -3.71. The summed E-state index contributed by atoms with van der Waals surface area (Å²) in [7, 11) is -3.71. The van der Waals surface area contributed by atoms with Gasteiger partial charge in [0.25, 0.3) is 10.0 Å². The van der Waals surface area contributed by atoms with Gasteiger partial charge in [-0.2, -0.15) is 17.9 Å². The second-order valence-electron chi connectivity index (χ2n) is 6.86. The minimum Gasteiger partial charge on any atom is -0.200 e.